The molecule has 3 rings (SSSR count). The van der Waals surface area contributed by atoms with Gasteiger partial charge in [-0.15, -0.1) is 0 Å². The molecule has 8 nitrogen and oxygen atoms in total. The first-order valence-corrected chi connectivity index (χ1v) is 9.48. The first-order chi connectivity index (χ1) is 15.4. The van der Waals surface area contributed by atoms with E-state index in [-0.39, 0.29) is 0 Å². The maximum atomic E-state index is 12.3. The van der Waals surface area contributed by atoms with E-state index in [4.69, 9.17) is 10.00 Å². The number of benzene rings is 3. The van der Waals surface area contributed by atoms with Gasteiger partial charge in [0, 0.05) is 5.69 Å². The maximum Gasteiger partial charge on any atom is 0.343 e. The molecule has 0 bridgehead atoms. The molecule has 0 heterocycles. The highest BCUT2D eigenvalue weighted by Gasteiger charge is 2.13. The van der Waals surface area contributed by atoms with Crippen LogP contribution in [-0.2, 0) is 9.59 Å². The molecule has 0 aliphatic heterocycles. The maximum absolute atomic E-state index is 12.3. The standard InChI is InChI=1S/C24H18N4O4/c1-16-4-2-6-19(12-16)24(31)32-21-7-3-5-18(13-21)15-26-28-23(30)22(29)27-20-10-8-17(14-25)9-11-20/h2-13,15H,1H3,(H,27,29)(H,28,30)/b26-15+. The van der Waals surface area contributed by atoms with E-state index in [1.165, 1.54) is 30.5 Å². The van der Waals surface area contributed by atoms with Gasteiger partial charge in [-0.3, -0.25) is 9.59 Å². The van der Waals surface area contributed by atoms with Crippen LogP contribution in [0.3, 0.4) is 0 Å². The van der Waals surface area contributed by atoms with Crippen molar-refractivity contribution in [3.8, 4) is 11.8 Å². The number of hydrazone groups is 1. The van der Waals surface area contributed by atoms with E-state index in [1.54, 1.807) is 42.5 Å². The fourth-order valence-corrected chi connectivity index (χ4v) is 2.63. The summed E-state index contributed by atoms with van der Waals surface area (Å²) >= 11 is 0. The summed E-state index contributed by atoms with van der Waals surface area (Å²) in [4.78, 5) is 36.1. The monoisotopic (exact) mass is 426 g/mol. The number of rotatable bonds is 5. The smallest absolute Gasteiger partial charge is 0.343 e. The van der Waals surface area contributed by atoms with Gasteiger partial charge >= 0.3 is 17.8 Å². The molecule has 0 aliphatic rings. The second-order valence-electron chi connectivity index (χ2n) is 6.67. The first-order valence-electron chi connectivity index (χ1n) is 9.48. The number of carbonyl (C=O) groups excluding carboxylic acids is 3. The molecule has 3 aromatic carbocycles. The Bertz CT molecular complexity index is 1230. The number of carbonyl (C=O) groups is 3. The van der Waals surface area contributed by atoms with Gasteiger partial charge < -0.3 is 10.1 Å². The third kappa shape index (κ3) is 6.11. The Morgan fingerprint density at radius 2 is 1.72 bits per heavy atom. The zero-order valence-corrected chi connectivity index (χ0v) is 17.0. The number of ether oxygens (including phenoxy) is 1. The van der Waals surface area contributed by atoms with Crippen LogP contribution in [0.4, 0.5) is 5.69 Å². The molecule has 3 aromatic rings. The SMILES string of the molecule is Cc1cccc(C(=O)Oc2cccc(/C=N/NC(=O)C(=O)Nc3ccc(C#N)cc3)c2)c1. The molecule has 0 spiro atoms. The van der Waals surface area contributed by atoms with Gasteiger partial charge in [-0.1, -0.05) is 29.8 Å². The van der Waals surface area contributed by atoms with E-state index in [1.807, 2.05) is 19.1 Å². The van der Waals surface area contributed by atoms with Crippen molar-refractivity contribution in [2.45, 2.75) is 6.92 Å². The van der Waals surface area contributed by atoms with Gasteiger partial charge in [0.25, 0.3) is 0 Å². The van der Waals surface area contributed by atoms with Gasteiger partial charge in [-0.2, -0.15) is 10.4 Å². The molecule has 2 amide bonds. The minimum atomic E-state index is -0.965. The second-order valence-corrected chi connectivity index (χ2v) is 6.67. The van der Waals surface area contributed by atoms with Crippen LogP contribution in [0.2, 0.25) is 0 Å². The molecule has 158 valence electrons. The normalized spacial score (nSPS) is 10.2. The van der Waals surface area contributed by atoms with Crippen LogP contribution < -0.4 is 15.5 Å². The number of nitriles is 1. The lowest BCUT2D eigenvalue weighted by molar-refractivity contribution is -0.136. The first kappa shape index (κ1) is 21.9. The Balaban J connectivity index is 1.55. The van der Waals surface area contributed by atoms with Crippen LogP contribution in [0.1, 0.15) is 27.0 Å². The van der Waals surface area contributed by atoms with E-state index >= 15 is 0 Å². The van der Waals surface area contributed by atoms with Crippen LogP contribution >= 0.6 is 0 Å². The summed E-state index contributed by atoms with van der Waals surface area (Å²) in [5.74, 6) is -2.05. The van der Waals surface area contributed by atoms with Crippen LogP contribution in [0, 0.1) is 18.3 Å². The number of amides is 2. The lowest BCUT2D eigenvalue weighted by Gasteiger charge is -2.06. The number of aryl methyl sites for hydroxylation is 1. The van der Waals surface area contributed by atoms with Gasteiger partial charge in [0.05, 0.1) is 23.4 Å². The Morgan fingerprint density at radius 3 is 2.44 bits per heavy atom. The number of esters is 1. The van der Waals surface area contributed by atoms with Crippen LogP contribution in [0.25, 0.3) is 0 Å². The Hall–Kier alpha value is -4.77. The molecule has 0 fully saturated rings. The van der Waals surface area contributed by atoms with E-state index in [9.17, 15) is 14.4 Å². The molecule has 0 atom stereocenters. The van der Waals surface area contributed by atoms with E-state index in [0.29, 0.717) is 28.1 Å². The highest BCUT2D eigenvalue weighted by molar-refractivity contribution is 6.39. The van der Waals surface area contributed by atoms with E-state index in [2.05, 4.69) is 15.8 Å². The van der Waals surface area contributed by atoms with Crippen molar-refractivity contribution in [2.24, 2.45) is 5.10 Å². The predicted molar refractivity (Wildman–Crippen MR) is 118 cm³/mol. The average molecular weight is 426 g/mol. The summed E-state index contributed by atoms with van der Waals surface area (Å²) in [6, 6.07) is 21.6. The third-order valence-corrected chi connectivity index (χ3v) is 4.18. The zero-order valence-electron chi connectivity index (χ0n) is 17.0. The molecular weight excluding hydrogens is 408 g/mol. The molecule has 8 heteroatoms. The van der Waals surface area contributed by atoms with Gasteiger partial charge in [-0.05, 0) is 61.0 Å². The molecule has 0 saturated carbocycles. The van der Waals surface area contributed by atoms with Crippen molar-refractivity contribution >= 4 is 29.7 Å². The Kier molecular flexibility index (Phi) is 7.07. The minimum Gasteiger partial charge on any atom is -0.423 e. The van der Waals surface area contributed by atoms with Crippen molar-refractivity contribution in [1.29, 1.82) is 5.26 Å². The summed E-state index contributed by atoms with van der Waals surface area (Å²) in [7, 11) is 0. The molecule has 2 N–H and O–H groups in total. The molecule has 0 saturated heterocycles. The summed E-state index contributed by atoms with van der Waals surface area (Å²) < 4.78 is 5.37. The lowest BCUT2D eigenvalue weighted by atomic mass is 10.1. The summed E-state index contributed by atoms with van der Waals surface area (Å²) in [6.07, 6.45) is 1.32. The van der Waals surface area contributed by atoms with Crippen molar-refractivity contribution in [1.82, 2.24) is 5.43 Å². The zero-order chi connectivity index (χ0) is 22.9. The third-order valence-electron chi connectivity index (χ3n) is 4.18. The summed E-state index contributed by atoms with van der Waals surface area (Å²) in [5.41, 5.74) is 4.86. The van der Waals surface area contributed by atoms with Gasteiger partial charge in [-0.25, -0.2) is 10.2 Å². The Morgan fingerprint density at radius 1 is 0.969 bits per heavy atom. The summed E-state index contributed by atoms with van der Waals surface area (Å²) in [5, 5.41) is 14.9. The van der Waals surface area contributed by atoms with Crippen molar-refractivity contribution in [3.63, 3.8) is 0 Å². The quantitative estimate of drug-likeness (QED) is 0.213. The molecular formula is C24H18N4O4. The second kappa shape index (κ2) is 10.3. The van der Waals surface area contributed by atoms with E-state index < -0.39 is 17.8 Å². The van der Waals surface area contributed by atoms with Gasteiger partial charge in [0.1, 0.15) is 5.75 Å². The van der Waals surface area contributed by atoms with Gasteiger partial charge in [0.15, 0.2) is 0 Å². The van der Waals surface area contributed by atoms with Crippen molar-refractivity contribution < 1.29 is 19.1 Å². The number of nitrogens with one attached hydrogen (secondary N) is 2. The molecule has 32 heavy (non-hydrogen) atoms. The largest absolute Gasteiger partial charge is 0.423 e. The topological polar surface area (TPSA) is 121 Å². The van der Waals surface area contributed by atoms with Crippen LogP contribution in [0.5, 0.6) is 5.75 Å². The number of hydrogen-bond donors (Lipinski definition) is 2. The molecule has 0 aliphatic carbocycles. The fourth-order valence-electron chi connectivity index (χ4n) is 2.63. The van der Waals surface area contributed by atoms with Crippen LogP contribution in [-0.4, -0.2) is 24.0 Å². The average Bonchev–Trinajstić information content (AvgIpc) is 2.79. The minimum absolute atomic E-state index is 0.311. The predicted octanol–water partition coefficient (Wildman–Crippen LogP) is 3.17. The molecule has 0 unspecified atom stereocenters. The highest BCUT2D eigenvalue weighted by atomic mass is 16.5. The van der Waals surface area contributed by atoms with E-state index in [0.717, 1.165) is 5.56 Å². The lowest BCUT2D eigenvalue weighted by Crippen LogP contribution is -2.32. The fraction of sp³-hybridized carbons (Fsp3) is 0.0417. The summed E-state index contributed by atoms with van der Waals surface area (Å²) in [6.45, 7) is 1.88. The molecule has 0 radical (unpaired) electrons. The van der Waals surface area contributed by atoms with Crippen LogP contribution in [0.15, 0.2) is 77.9 Å². The highest BCUT2D eigenvalue weighted by Crippen LogP contribution is 2.15. The van der Waals surface area contributed by atoms with Gasteiger partial charge in [0.2, 0.25) is 0 Å². The number of anilines is 1. The number of hydrogen-bond acceptors (Lipinski definition) is 6. The van der Waals surface area contributed by atoms with Crippen molar-refractivity contribution in [3.05, 3.63) is 95.1 Å². The molecule has 0 aromatic heterocycles. The Labute approximate surface area is 184 Å². The number of nitrogens with zero attached hydrogens (tertiary/aromatic N) is 2. The van der Waals surface area contributed by atoms with Crippen molar-refractivity contribution in [2.75, 3.05) is 5.32 Å².